The van der Waals surface area contributed by atoms with Crippen molar-refractivity contribution < 1.29 is 14.7 Å². The van der Waals surface area contributed by atoms with Gasteiger partial charge in [0.15, 0.2) is 5.78 Å². The molecule has 0 aliphatic heterocycles. The second-order valence-electron chi connectivity index (χ2n) is 5.38. The zero-order valence-electron chi connectivity index (χ0n) is 13.0. The van der Waals surface area contributed by atoms with E-state index in [-0.39, 0.29) is 23.9 Å². The van der Waals surface area contributed by atoms with E-state index in [0.717, 1.165) is 25.7 Å². The lowest BCUT2D eigenvalue weighted by atomic mass is 9.92. The van der Waals surface area contributed by atoms with Gasteiger partial charge in [0.25, 0.3) is 0 Å². The van der Waals surface area contributed by atoms with Gasteiger partial charge in [-0.3, -0.25) is 9.63 Å². The largest absolute Gasteiger partial charge is 0.393 e. The van der Waals surface area contributed by atoms with Gasteiger partial charge in [0.2, 0.25) is 0 Å². The van der Waals surface area contributed by atoms with Gasteiger partial charge in [-0.2, -0.15) is 5.06 Å². The number of nitrogens with zero attached hydrogens (tertiary/aromatic N) is 1. The summed E-state index contributed by atoms with van der Waals surface area (Å²) in [5.41, 5.74) is 0.563. The Kier molecular flexibility index (Phi) is 8.89. The maximum absolute atomic E-state index is 12.0. The van der Waals surface area contributed by atoms with Crippen LogP contribution in [0.4, 0.5) is 0 Å². The Morgan fingerprint density at radius 2 is 1.95 bits per heavy atom. The molecule has 0 rings (SSSR count). The Hall–Kier alpha value is -0.710. The summed E-state index contributed by atoms with van der Waals surface area (Å²) in [6, 6.07) is 0. The van der Waals surface area contributed by atoms with Crippen LogP contribution in [0.1, 0.15) is 46.5 Å². The van der Waals surface area contributed by atoms with Crippen LogP contribution in [0.5, 0.6) is 0 Å². The third kappa shape index (κ3) is 7.45. The van der Waals surface area contributed by atoms with Gasteiger partial charge in [-0.25, -0.2) is 0 Å². The lowest BCUT2D eigenvalue weighted by molar-refractivity contribution is -0.183. The van der Waals surface area contributed by atoms with Gasteiger partial charge in [-0.05, 0) is 38.2 Å². The van der Waals surface area contributed by atoms with Gasteiger partial charge >= 0.3 is 0 Å². The molecule has 0 bridgehead atoms. The van der Waals surface area contributed by atoms with Crippen LogP contribution in [0.25, 0.3) is 0 Å². The molecular formula is C15H29NO3. The summed E-state index contributed by atoms with van der Waals surface area (Å²) >= 11 is 0. The van der Waals surface area contributed by atoms with E-state index in [2.05, 4.69) is 6.58 Å². The Bertz CT molecular complexity index is 289. The quantitative estimate of drug-likeness (QED) is 0.490. The molecule has 0 unspecified atom stereocenters. The molecule has 0 aromatic rings. The number of hydrogen-bond acceptors (Lipinski definition) is 4. The second kappa shape index (κ2) is 9.23. The minimum absolute atomic E-state index is 0.0443. The van der Waals surface area contributed by atoms with Gasteiger partial charge in [-0.15, -0.1) is 0 Å². The molecule has 0 fully saturated rings. The molecule has 0 aliphatic rings. The number of Topliss-reactive ketones (excluding diaryl/α,β-unsaturated/α-hetero) is 1. The molecule has 0 radical (unpaired) electrons. The molecule has 0 saturated carbocycles. The molecule has 4 heteroatoms. The zero-order chi connectivity index (χ0) is 15.0. The molecule has 0 heterocycles. The van der Waals surface area contributed by atoms with E-state index in [1.54, 1.807) is 12.0 Å². The highest BCUT2D eigenvalue weighted by molar-refractivity contribution is 5.96. The molecule has 0 spiro atoms. The van der Waals surface area contributed by atoms with E-state index >= 15 is 0 Å². The standard InChI is InChI=1S/C15H29NO3/c1-7-13(17)9-8-10-14(19-16(5)6)12(4)15(18)11(2)3/h12-14,17H,2,7-10H2,1,3-6H3/t12-,13+,14+/m1/s1. The molecule has 0 saturated heterocycles. The topological polar surface area (TPSA) is 49.8 Å². The summed E-state index contributed by atoms with van der Waals surface area (Å²) in [5, 5.41) is 11.2. The third-order valence-corrected chi connectivity index (χ3v) is 3.24. The highest BCUT2D eigenvalue weighted by Gasteiger charge is 2.26. The number of rotatable bonds is 10. The Labute approximate surface area is 117 Å². The van der Waals surface area contributed by atoms with E-state index in [1.165, 1.54) is 0 Å². The highest BCUT2D eigenvalue weighted by Crippen LogP contribution is 2.19. The number of aliphatic hydroxyl groups is 1. The van der Waals surface area contributed by atoms with E-state index in [1.807, 2.05) is 27.9 Å². The van der Waals surface area contributed by atoms with Crippen molar-refractivity contribution >= 4 is 5.78 Å². The van der Waals surface area contributed by atoms with Gasteiger partial charge in [0.05, 0.1) is 12.2 Å². The van der Waals surface area contributed by atoms with Crippen LogP contribution < -0.4 is 0 Å². The Balaban J connectivity index is 4.45. The van der Waals surface area contributed by atoms with Crippen LogP contribution in [0, 0.1) is 5.92 Å². The van der Waals surface area contributed by atoms with Crippen molar-refractivity contribution in [2.24, 2.45) is 5.92 Å². The lowest BCUT2D eigenvalue weighted by Gasteiger charge is -2.26. The van der Waals surface area contributed by atoms with Crippen LogP contribution in [-0.4, -0.2) is 42.3 Å². The molecule has 0 amide bonds. The monoisotopic (exact) mass is 271 g/mol. The molecule has 4 nitrogen and oxygen atoms in total. The van der Waals surface area contributed by atoms with E-state index in [4.69, 9.17) is 4.84 Å². The number of carbonyl (C=O) groups is 1. The van der Waals surface area contributed by atoms with Crippen molar-refractivity contribution in [1.82, 2.24) is 5.06 Å². The van der Waals surface area contributed by atoms with Crippen molar-refractivity contribution in [2.75, 3.05) is 14.1 Å². The summed E-state index contributed by atoms with van der Waals surface area (Å²) in [5.74, 6) is -0.165. The predicted molar refractivity (Wildman–Crippen MR) is 77.7 cm³/mol. The SMILES string of the molecule is C=C(C)C(=O)[C@H](C)[C@H](CCC[C@@H](O)CC)ON(C)C. The van der Waals surface area contributed by atoms with Crippen molar-refractivity contribution in [2.45, 2.75) is 58.7 Å². The summed E-state index contributed by atoms with van der Waals surface area (Å²) in [6.45, 7) is 9.27. The first kappa shape index (κ1) is 18.3. The maximum Gasteiger partial charge on any atom is 0.163 e. The molecule has 112 valence electrons. The minimum Gasteiger partial charge on any atom is -0.393 e. The number of hydroxylamine groups is 2. The van der Waals surface area contributed by atoms with Crippen molar-refractivity contribution in [3.05, 3.63) is 12.2 Å². The fourth-order valence-corrected chi connectivity index (χ4v) is 1.98. The lowest BCUT2D eigenvalue weighted by Crippen LogP contribution is -2.33. The first-order valence-electron chi connectivity index (χ1n) is 7.01. The smallest absolute Gasteiger partial charge is 0.163 e. The fourth-order valence-electron chi connectivity index (χ4n) is 1.98. The number of ketones is 1. The fraction of sp³-hybridized carbons (Fsp3) is 0.800. The predicted octanol–water partition coefficient (Wildman–Crippen LogP) is 2.57. The molecular weight excluding hydrogens is 242 g/mol. The highest BCUT2D eigenvalue weighted by atomic mass is 16.7. The average Bonchev–Trinajstić information content (AvgIpc) is 2.34. The van der Waals surface area contributed by atoms with E-state index < -0.39 is 0 Å². The average molecular weight is 271 g/mol. The van der Waals surface area contributed by atoms with E-state index in [0.29, 0.717) is 5.57 Å². The van der Waals surface area contributed by atoms with Crippen LogP contribution in [0.2, 0.25) is 0 Å². The van der Waals surface area contributed by atoms with Crippen molar-refractivity contribution in [3.8, 4) is 0 Å². The Morgan fingerprint density at radius 3 is 2.37 bits per heavy atom. The molecule has 19 heavy (non-hydrogen) atoms. The minimum atomic E-state index is -0.257. The number of aliphatic hydroxyl groups excluding tert-OH is 1. The number of carbonyl (C=O) groups excluding carboxylic acids is 1. The van der Waals surface area contributed by atoms with Gasteiger partial charge in [0, 0.05) is 20.0 Å². The van der Waals surface area contributed by atoms with Gasteiger partial charge < -0.3 is 5.11 Å². The van der Waals surface area contributed by atoms with Crippen LogP contribution >= 0.6 is 0 Å². The zero-order valence-corrected chi connectivity index (χ0v) is 13.0. The summed E-state index contributed by atoms with van der Waals surface area (Å²) < 4.78 is 0. The normalized spacial score (nSPS) is 16.2. The number of hydrogen-bond donors (Lipinski definition) is 1. The first-order chi connectivity index (χ1) is 8.79. The number of allylic oxidation sites excluding steroid dienone is 1. The molecule has 3 atom stereocenters. The van der Waals surface area contributed by atoms with Gasteiger partial charge in [0.1, 0.15) is 0 Å². The second-order valence-corrected chi connectivity index (χ2v) is 5.38. The van der Waals surface area contributed by atoms with Crippen molar-refractivity contribution in [3.63, 3.8) is 0 Å². The van der Waals surface area contributed by atoms with Crippen LogP contribution in [-0.2, 0) is 9.63 Å². The first-order valence-corrected chi connectivity index (χ1v) is 7.01. The summed E-state index contributed by atoms with van der Waals surface area (Å²) in [6.07, 6.45) is 2.70. The van der Waals surface area contributed by atoms with Gasteiger partial charge in [-0.1, -0.05) is 20.4 Å². The van der Waals surface area contributed by atoms with Crippen molar-refractivity contribution in [1.29, 1.82) is 0 Å². The molecule has 1 N–H and O–H groups in total. The summed E-state index contributed by atoms with van der Waals surface area (Å²) in [4.78, 5) is 17.7. The van der Waals surface area contributed by atoms with Crippen LogP contribution in [0.15, 0.2) is 12.2 Å². The summed E-state index contributed by atoms with van der Waals surface area (Å²) in [7, 11) is 3.62. The Morgan fingerprint density at radius 1 is 1.37 bits per heavy atom. The molecule has 0 aromatic heterocycles. The molecule has 0 aromatic carbocycles. The third-order valence-electron chi connectivity index (χ3n) is 3.24. The van der Waals surface area contributed by atoms with Crippen LogP contribution in [0.3, 0.4) is 0 Å². The van der Waals surface area contributed by atoms with E-state index in [9.17, 15) is 9.90 Å². The molecule has 0 aliphatic carbocycles. The maximum atomic E-state index is 12.0.